The molecule has 2 heterocycles. The third-order valence-electron chi connectivity index (χ3n) is 3.60. The van der Waals surface area contributed by atoms with Crippen LogP contribution in [-0.2, 0) is 6.54 Å². The maximum absolute atomic E-state index is 11.6. The topological polar surface area (TPSA) is 49.8 Å². The number of rotatable bonds is 3. The Morgan fingerprint density at radius 2 is 2.19 bits per heavy atom. The van der Waals surface area contributed by atoms with Crippen LogP contribution in [0.15, 0.2) is 4.79 Å². The fraction of sp³-hybridized carbons (Fsp3) is 0.750. The molecule has 0 radical (unpaired) electrons. The van der Waals surface area contributed by atoms with Crippen molar-refractivity contribution in [2.24, 2.45) is 0 Å². The zero-order valence-electron chi connectivity index (χ0n) is 10.2. The highest BCUT2D eigenvalue weighted by Crippen LogP contribution is 2.11. The largest absolute Gasteiger partial charge is 0.325 e. The molecular formula is C12H21N3O. The van der Waals surface area contributed by atoms with E-state index >= 15 is 0 Å². The molecule has 2 rings (SSSR count). The van der Waals surface area contributed by atoms with Gasteiger partial charge in [-0.2, -0.15) is 0 Å². The van der Waals surface area contributed by atoms with Gasteiger partial charge in [0.25, 0.3) is 0 Å². The van der Waals surface area contributed by atoms with Crippen molar-refractivity contribution >= 4 is 0 Å². The summed E-state index contributed by atoms with van der Waals surface area (Å²) in [6, 6.07) is 0.593. The summed E-state index contributed by atoms with van der Waals surface area (Å²) < 4.78 is 1.85. The minimum atomic E-state index is 0.0332. The molecule has 0 bridgehead atoms. The lowest BCUT2D eigenvalue weighted by atomic mass is 10.0. The van der Waals surface area contributed by atoms with E-state index in [0.717, 1.165) is 30.9 Å². The van der Waals surface area contributed by atoms with Crippen LogP contribution in [0.5, 0.6) is 0 Å². The third-order valence-corrected chi connectivity index (χ3v) is 3.60. The molecular weight excluding hydrogens is 202 g/mol. The zero-order valence-corrected chi connectivity index (χ0v) is 10.2. The number of hydrogen-bond acceptors (Lipinski definition) is 2. The molecule has 1 aromatic rings. The van der Waals surface area contributed by atoms with E-state index in [9.17, 15) is 4.79 Å². The second kappa shape index (κ2) is 4.87. The Morgan fingerprint density at radius 1 is 1.38 bits per heavy atom. The van der Waals surface area contributed by atoms with Crippen molar-refractivity contribution in [3.05, 3.63) is 21.9 Å². The molecule has 2 N–H and O–H groups in total. The van der Waals surface area contributed by atoms with Crippen LogP contribution in [0.3, 0.4) is 0 Å². The van der Waals surface area contributed by atoms with E-state index in [1.807, 2.05) is 18.4 Å². The highest BCUT2D eigenvalue weighted by atomic mass is 16.1. The minimum absolute atomic E-state index is 0.0332. The Labute approximate surface area is 96.1 Å². The molecule has 0 spiro atoms. The van der Waals surface area contributed by atoms with Gasteiger partial charge in [-0.15, -0.1) is 0 Å². The molecule has 90 valence electrons. The van der Waals surface area contributed by atoms with Gasteiger partial charge in [0.15, 0.2) is 0 Å². The molecule has 1 saturated heterocycles. The van der Waals surface area contributed by atoms with Gasteiger partial charge in [-0.3, -0.25) is 4.57 Å². The lowest BCUT2D eigenvalue weighted by Gasteiger charge is -2.23. The first-order chi connectivity index (χ1) is 7.68. The first-order valence-corrected chi connectivity index (χ1v) is 6.18. The average Bonchev–Trinajstić information content (AvgIpc) is 2.53. The monoisotopic (exact) mass is 223 g/mol. The molecule has 1 aromatic heterocycles. The van der Waals surface area contributed by atoms with Crippen LogP contribution in [0.25, 0.3) is 0 Å². The van der Waals surface area contributed by atoms with Crippen molar-refractivity contribution in [1.29, 1.82) is 0 Å². The molecule has 0 aliphatic carbocycles. The minimum Gasteiger partial charge on any atom is -0.314 e. The van der Waals surface area contributed by atoms with Crippen molar-refractivity contribution in [1.82, 2.24) is 14.9 Å². The number of imidazole rings is 1. The fourth-order valence-corrected chi connectivity index (χ4v) is 2.40. The Balaban J connectivity index is 1.96. The first kappa shape index (κ1) is 11.5. The van der Waals surface area contributed by atoms with Gasteiger partial charge in [0.1, 0.15) is 0 Å². The van der Waals surface area contributed by atoms with Crippen molar-refractivity contribution in [3.8, 4) is 0 Å². The second-order valence-corrected chi connectivity index (χ2v) is 4.73. The van der Waals surface area contributed by atoms with Gasteiger partial charge in [0.2, 0.25) is 0 Å². The van der Waals surface area contributed by atoms with Crippen LogP contribution >= 0.6 is 0 Å². The van der Waals surface area contributed by atoms with Crippen LogP contribution < -0.4 is 11.0 Å². The van der Waals surface area contributed by atoms with Gasteiger partial charge >= 0.3 is 5.69 Å². The summed E-state index contributed by atoms with van der Waals surface area (Å²) in [6.07, 6.45) is 4.91. The zero-order chi connectivity index (χ0) is 11.5. The highest BCUT2D eigenvalue weighted by Gasteiger charge is 2.13. The van der Waals surface area contributed by atoms with E-state index in [4.69, 9.17) is 0 Å². The molecule has 1 unspecified atom stereocenters. The van der Waals surface area contributed by atoms with Crippen molar-refractivity contribution in [2.75, 3.05) is 6.54 Å². The molecule has 4 nitrogen and oxygen atoms in total. The molecule has 0 saturated carbocycles. The SMILES string of the molecule is Cc1[nH]c(=O)n(CCC2CCCCN2)c1C. The van der Waals surface area contributed by atoms with Gasteiger partial charge in [-0.25, -0.2) is 4.79 Å². The average molecular weight is 223 g/mol. The fourth-order valence-electron chi connectivity index (χ4n) is 2.40. The maximum atomic E-state index is 11.6. The molecule has 1 aliphatic rings. The summed E-state index contributed by atoms with van der Waals surface area (Å²) in [5.74, 6) is 0. The van der Waals surface area contributed by atoms with Crippen LogP contribution in [0, 0.1) is 13.8 Å². The molecule has 1 aliphatic heterocycles. The van der Waals surface area contributed by atoms with Crippen molar-refractivity contribution in [2.45, 2.75) is 52.1 Å². The number of aromatic amines is 1. The normalized spacial score (nSPS) is 21.2. The number of H-pyrrole nitrogens is 1. The molecule has 0 amide bonds. The van der Waals surface area contributed by atoms with E-state index in [1.54, 1.807) is 0 Å². The molecule has 1 fully saturated rings. The summed E-state index contributed by atoms with van der Waals surface area (Å²) in [5.41, 5.74) is 2.09. The van der Waals surface area contributed by atoms with Gasteiger partial charge < -0.3 is 10.3 Å². The molecule has 4 heteroatoms. The number of aromatic nitrogens is 2. The summed E-state index contributed by atoms with van der Waals surface area (Å²) >= 11 is 0. The Bertz CT molecular complexity index is 399. The summed E-state index contributed by atoms with van der Waals surface area (Å²) in [7, 11) is 0. The number of hydrogen-bond donors (Lipinski definition) is 2. The predicted molar refractivity (Wildman–Crippen MR) is 64.8 cm³/mol. The predicted octanol–water partition coefficient (Wildman–Crippen LogP) is 1.33. The van der Waals surface area contributed by atoms with Gasteiger partial charge in [0, 0.05) is 24.0 Å². The lowest BCUT2D eigenvalue weighted by Crippen LogP contribution is -2.35. The van der Waals surface area contributed by atoms with Crippen LogP contribution in [0.1, 0.15) is 37.1 Å². The highest BCUT2D eigenvalue weighted by molar-refractivity contribution is 5.08. The van der Waals surface area contributed by atoms with E-state index in [-0.39, 0.29) is 5.69 Å². The van der Waals surface area contributed by atoms with Crippen LogP contribution in [0.4, 0.5) is 0 Å². The second-order valence-electron chi connectivity index (χ2n) is 4.73. The van der Waals surface area contributed by atoms with Crippen molar-refractivity contribution in [3.63, 3.8) is 0 Å². The van der Waals surface area contributed by atoms with E-state index in [0.29, 0.717) is 6.04 Å². The standard InChI is InChI=1S/C12H21N3O/c1-9-10(2)15(12(16)14-9)8-6-11-5-3-4-7-13-11/h11,13H,3-8H2,1-2H3,(H,14,16). The smallest absolute Gasteiger partial charge is 0.314 e. The maximum Gasteiger partial charge on any atom is 0.325 e. The first-order valence-electron chi connectivity index (χ1n) is 6.18. The van der Waals surface area contributed by atoms with Gasteiger partial charge in [-0.05, 0) is 39.7 Å². The number of nitrogens with one attached hydrogen (secondary N) is 2. The van der Waals surface area contributed by atoms with Crippen molar-refractivity contribution < 1.29 is 0 Å². The molecule has 0 aromatic carbocycles. The third kappa shape index (κ3) is 2.38. The Kier molecular flexibility index (Phi) is 3.49. The van der Waals surface area contributed by atoms with E-state index in [1.165, 1.54) is 19.3 Å². The molecule has 16 heavy (non-hydrogen) atoms. The lowest BCUT2D eigenvalue weighted by molar-refractivity contribution is 0.364. The summed E-state index contributed by atoms with van der Waals surface area (Å²) in [6.45, 7) is 5.91. The summed E-state index contributed by atoms with van der Waals surface area (Å²) in [4.78, 5) is 14.5. The number of aryl methyl sites for hydroxylation is 1. The Morgan fingerprint density at radius 3 is 2.75 bits per heavy atom. The summed E-state index contributed by atoms with van der Waals surface area (Å²) in [5, 5.41) is 3.51. The number of piperidine rings is 1. The quantitative estimate of drug-likeness (QED) is 0.812. The van der Waals surface area contributed by atoms with E-state index < -0.39 is 0 Å². The Hall–Kier alpha value is -1.03. The van der Waals surface area contributed by atoms with Gasteiger partial charge in [-0.1, -0.05) is 6.42 Å². The molecule has 1 atom stereocenters. The van der Waals surface area contributed by atoms with Crippen LogP contribution in [0.2, 0.25) is 0 Å². The van der Waals surface area contributed by atoms with Gasteiger partial charge in [0.05, 0.1) is 0 Å². The van der Waals surface area contributed by atoms with E-state index in [2.05, 4.69) is 10.3 Å². The number of nitrogens with zero attached hydrogens (tertiary/aromatic N) is 1. The van der Waals surface area contributed by atoms with Crippen LogP contribution in [-0.4, -0.2) is 22.1 Å².